The van der Waals surface area contributed by atoms with Crippen molar-refractivity contribution in [1.29, 1.82) is 0 Å². The van der Waals surface area contributed by atoms with Gasteiger partial charge in [0, 0.05) is 12.5 Å². The van der Waals surface area contributed by atoms with Crippen molar-refractivity contribution in [2.75, 3.05) is 7.11 Å². The van der Waals surface area contributed by atoms with Crippen LogP contribution in [0.3, 0.4) is 0 Å². The van der Waals surface area contributed by atoms with Gasteiger partial charge in [-0.3, -0.25) is 11.3 Å². The number of hydrogen-bond acceptors (Lipinski definition) is 3. The van der Waals surface area contributed by atoms with E-state index in [4.69, 9.17) is 10.6 Å². The van der Waals surface area contributed by atoms with E-state index in [0.717, 1.165) is 11.1 Å². The summed E-state index contributed by atoms with van der Waals surface area (Å²) in [6, 6.07) is 4.69. The van der Waals surface area contributed by atoms with Crippen LogP contribution in [0.5, 0.6) is 5.75 Å². The van der Waals surface area contributed by atoms with Gasteiger partial charge in [0.15, 0.2) is 0 Å². The fourth-order valence-electron chi connectivity index (χ4n) is 1.80. The van der Waals surface area contributed by atoms with Crippen molar-refractivity contribution in [3.63, 3.8) is 0 Å². The van der Waals surface area contributed by atoms with Crippen molar-refractivity contribution in [3.05, 3.63) is 29.3 Å². The van der Waals surface area contributed by atoms with Crippen LogP contribution in [-0.2, 0) is 0 Å². The average molecular weight is 262 g/mol. The minimum absolute atomic E-state index is 0.0901. The van der Waals surface area contributed by atoms with Crippen LogP contribution in [0.2, 0.25) is 0 Å². The fourth-order valence-corrected chi connectivity index (χ4v) is 1.80. The van der Waals surface area contributed by atoms with E-state index in [0.29, 0.717) is 5.75 Å². The normalized spacial score (nSPS) is 13.4. The van der Waals surface area contributed by atoms with Crippen LogP contribution in [0.15, 0.2) is 18.2 Å². The molecule has 0 aliphatic carbocycles. The third-order valence-corrected chi connectivity index (χ3v) is 2.77. The molecule has 0 aliphatic rings. The van der Waals surface area contributed by atoms with Gasteiger partial charge in [0.1, 0.15) is 5.75 Å². The van der Waals surface area contributed by atoms with Gasteiger partial charge < -0.3 is 4.74 Å². The number of alkyl halides is 3. The molecule has 0 heterocycles. The van der Waals surface area contributed by atoms with Crippen LogP contribution in [0.25, 0.3) is 0 Å². The number of rotatable bonds is 5. The molecule has 1 atom stereocenters. The van der Waals surface area contributed by atoms with Crippen LogP contribution < -0.4 is 16.0 Å². The summed E-state index contributed by atoms with van der Waals surface area (Å²) in [5.41, 5.74) is 4.03. The van der Waals surface area contributed by atoms with Crippen LogP contribution >= 0.6 is 0 Å². The maximum Gasteiger partial charge on any atom is 0.389 e. The van der Waals surface area contributed by atoms with E-state index in [9.17, 15) is 13.2 Å². The molecule has 0 spiro atoms. The Kier molecular flexibility index (Phi) is 4.98. The van der Waals surface area contributed by atoms with Gasteiger partial charge in [-0.15, -0.1) is 0 Å². The van der Waals surface area contributed by atoms with E-state index in [1.54, 1.807) is 18.2 Å². The average Bonchev–Trinajstić information content (AvgIpc) is 2.30. The van der Waals surface area contributed by atoms with Crippen LogP contribution in [-0.4, -0.2) is 13.3 Å². The first kappa shape index (κ1) is 14.8. The number of ether oxygens (including phenoxy) is 1. The van der Waals surface area contributed by atoms with Gasteiger partial charge in [0.2, 0.25) is 0 Å². The SMILES string of the molecule is COc1ccc(C(CCC(F)(F)F)NN)c(C)c1. The van der Waals surface area contributed by atoms with Gasteiger partial charge in [-0.2, -0.15) is 13.2 Å². The molecular formula is C12H17F3N2O. The number of benzene rings is 1. The second-order valence-corrected chi connectivity index (χ2v) is 4.10. The summed E-state index contributed by atoms with van der Waals surface area (Å²) in [4.78, 5) is 0. The molecule has 1 unspecified atom stereocenters. The summed E-state index contributed by atoms with van der Waals surface area (Å²) < 4.78 is 41.6. The third kappa shape index (κ3) is 4.19. The van der Waals surface area contributed by atoms with E-state index < -0.39 is 18.6 Å². The van der Waals surface area contributed by atoms with Crippen molar-refractivity contribution in [2.45, 2.75) is 32.0 Å². The van der Waals surface area contributed by atoms with Crippen molar-refractivity contribution in [2.24, 2.45) is 5.84 Å². The monoisotopic (exact) mass is 262 g/mol. The smallest absolute Gasteiger partial charge is 0.389 e. The molecule has 0 aliphatic heterocycles. The van der Waals surface area contributed by atoms with Crippen molar-refractivity contribution >= 4 is 0 Å². The largest absolute Gasteiger partial charge is 0.497 e. The van der Waals surface area contributed by atoms with Crippen molar-refractivity contribution < 1.29 is 17.9 Å². The number of methoxy groups -OCH3 is 1. The lowest BCUT2D eigenvalue weighted by atomic mass is 9.97. The zero-order valence-corrected chi connectivity index (χ0v) is 10.3. The lowest BCUT2D eigenvalue weighted by Crippen LogP contribution is -2.29. The second-order valence-electron chi connectivity index (χ2n) is 4.10. The summed E-state index contributed by atoms with van der Waals surface area (Å²) in [5, 5.41) is 0. The van der Waals surface area contributed by atoms with Crippen molar-refractivity contribution in [3.8, 4) is 5.75 Å². The molecule has 1 rings (SSSR count). The van der Waals surface area contributed by atoms with E-state index in [-0.39, 0.29) is 6.42 Å². The maximum atomic E-state index is 12.2. The predicted molar refractivity (Wildman–Crippen MR) is 63.1 cm³/mol. The number of aryl methyl sites for hydroxylation is 1. The summed E-state index contributed by atoms with van der Waals surface area (Å²) in [5.74, 6) is 5.99. The molecule has 0 bridgehead atoms. The van der Waals surface area contributed by atoms with Crippen LogP contribution in [0.4, 0.5) is 13.2 Å². The number of hydrogen-bond donors (Lipinski definition) is 2. The van der Waals surface area contributed by atoms with Gasteiger partial charge in [-0.25, -0.2) is 0 Å². The number of halogens is 3. The first-order chi connectivity index (χ1) is 8.37. The van der Waals surface area contributed by atoms with Gasteiger partial charge in [0.25, 0.3) is 0 Å². The molecule has 0 fully saturated rings. The molecule has 18 heavy (non-hydrogen) atoms. The zero-order valence-electron chi connectivity index (χ0n) is 10.3. The third-order valence-electron chi connectivity index (χ3n) is 2.77. The van der Waals surface area contributed by atoms with E-state index >= 15 is 0 Å². The molecule has 1 aromatic carbocycles. The zero-order chi connectivity index (χ0) is 13.8. The lowest BCUT2D eigenvalue weighted by Gasteiger charge is -2.19. The second kappa shape index (κ2) is 6.06. The number of hydrazine groups is 1. The lowest BCUT2D eigenvalue weighted by molar-refractivity contribution is -0.136. The molecule has 0 amide bonds. The molecule has 0 aromatic heterocycles. The molecule has 3 N–H and O–H groups in total. The molecule has 0 saturated carbocycles. The Morgan fingerprint density at radius 2 is 2.06 bits per heavy atom. The highest BCUT2D eigenvalue weighted by Crippen LogP contribution is 2.29. The fraction of sp³-hybridized carbons (Fsp3) is 0.500. The highest BCUT2D eigenvalue weighted by Gasteiger charge is 2.28. The maximum absolute atomic E-state index is 12.2. The standard InChI is InChI=1S/C12H17F3N2O/c1-8-7-9(18-2)3-4-10(8)11(17-16)5-6-12(13,14)15/h3-4,7,11,17H,5-6,16H2,1-2H3. The topological polar surface area (TPSA) is 47.3 Å². The van der Waals surface area contributed by atoms with Gasteiger partial charge in [-0.05, 0) is 36.6 Å². The summed E-state index contributed by atoms with van der Waals surface area (Å²) in [6.45, 7) is 1.82. The van der Waals surface area contributed by atoms with Crippen LogP contribution in [0, 0.1) is 6.92 Å². The molecule has 6 heteroatoms. The van der Waals surface area contributed by atoms with Gasteiger partial charge in [-0.1, -0.05) is 6.07 Å². The quantitative estimate of drug-likeness (QED) is 0.633. The highest BCUT2D eigenvalue weighted by atomic mass is 19.4. The minimum atomic E-state index is -4.17. The Labute approximate surface area is 104 Å². The molecule has 0 saturated heterocycles. The molecule has 3 nitrogen and oxygen atoms in total. The van der Waals surface area contributed by atoms with E-state index in [1.165, 1.54) is 7.11 Å². The molecule has 102 valence electrons. The Morgan fingerprint density at radius 1 is 1.39 bits per heavy atom. The molecule has 1 aromatic rings. The molecule has 0 radical (unpaired) electrons. The summed E-state index contributed by atoms with van der Waals surface area (Å²) >= 11 is 0. The van der Waals surface area contributed by atoms with Gasteiger partial charge >= 0.3 is 6.18 Å². The number of nitrogens with two attached hydrogens (primary N) is 1. The molecular weight excluding hydrogens is 245 g/mol. The number of nitrogens with one attached hydrogen (secondary N) is 1. The Hall–Kier alpha value is -1.27. The predicted octanol–water partition coefficient (Wildman–Crippen LogP) is 2.85. The Morgan fingerprint density at radius 3 is 2.50 bits per heavy atom. The van der Waals surface area contributed by atoms with Gasteiger partial charge in [0.05, 0.1) is 7.11 Å². The minimum Gasteiger partial charge on any atom is -0.497 e. The van der Waals surface area contributed by atoms with E-state index in [1.807, 2.05) is 6.92 Å². The van der Waals surface area contributed by atoms with Crippen LogP contribution in [0.1, 0.15) is 30.0 Å². The first-order valence-electron chi connectivity index (χ1n) is 5.55. The van der Waals surface area contributed by atoms with Crippen molar-refractivity contribution in [1.82, 2.24) is 5.43 Å². The highest BCUT2D eigenvalue weighted by molar-refractivity contribution is 5.36. The summed E-state index contributed by atoms with van der Waals surface area (Å²) in [6.07, 6.45) is -5.13. The van der Waals surface area contributed by atoms with E-state index in [2.05, 4.69) is 5.43 Å². The summed E-state index contributed by atoms with van der Waals surface area (Å²) in [7, 11) is 1.54. The first-order valence-corrected chi connectivity index (χ1v) is 5.55. The Bertz CT molecular complexity index is 393. The Balaban J connectivity index is 2.82.